The number of carbonyl (C=O) groups is 1. The van der Waals surface area contributed by atoms with Crippen LogP contribution in [-0.2, 0) is 19.9 Å². The zero-order valence-corrected chi connectivity index (χ0v) is 13.6. The number of hydrogen-bond donors (Lipinski definition) is 1. The Morgan fingerprint density at radius 2 is 1.92 bits per heavy atom. The van der Waals surface area contributed by atoms with Crippen LogP contribution in [-0.4, -0.2) is 33.4 Å². The fraction of sp³-hybridized carbons (Fsp3) is 0.263. The Morgan fingerprint density at radius 3 is 2.79 bits per heavy atom. The molecule has 0 radical (unpaired) electrons. The summed E-state index contributed by atoms with van der Waals surface area (Å²) in [6.07, 6.45) is 3.36. The molecule has 0 saturated carbocycles. The summed E-state index contributed by atoms with van der Waals surface area (Å²) in [5, 5.41) is 1.04. The van der Waals surface area contributed by atoms with Crippen LogP contribution >= 0.6 is 0 Å². The molecule has 0 spiro atoms. The molecule has 1 aliphatic heterocycles. The Bertz CT molecular complexity index is 984. The summed E-state index contributed by atoms with van der Waals surface area (Å²) in [4.78, 5) is 29.7. The van der Waals surface area contributed by atoms with Gasteiger partial charge < -0.3 is 14.5 Å². The molecule has 122 valence electrons. The van der Waals surface area contributed by atoms with Gasteiger partial charge in [0.2, 0.25) is 5.56 Å². The van der Waals surface area contributed by atoms with Crippen molar-refractivity contribution in [2.45, 2.75) is 12.8 Å². The first-order valence-electron chi connectivity index (χ1n) is 8.18. The van der Waals surface area contributed by atoms with E-state index in [1.807, 2.05) is 41.4 Å². The van der Waals surface area contributed by atoms with E-state index in [-0.39, 0.29) is 11.5 Å². The number of H-pyrrole nitrogens is 1. The Balaban J connectivity index is 1.60. The van der Waals surface area contributed by atoms with Gasteiger partial charge in [-0.2, -0.15) is 0 Å². The highest BCUT2D eigenvalue weighted by atomic mass is 16.2. The van der Waals surface area contributed by atoms with Crippen molar-refractivity contribution in [3.05, 3.63) is 69.8 Å². The van der Waals surface area contributed by atoms with E-state index in [9.17, 15) is 9.59 Å². The van der Waals surface area contributed by atoms with Gasteiger partial charge in [-0.05, 0) is 36.2 Å². The molecule has 1 N–H and O–H groups in total. The third-order valence-electron chi connectivity index (χ3n) is 4.89. The average molecular weight is 321 g/mol. The molecule has 24 heavy (non-hydrogen) atoms. The molecule has 0 bridgehead atoms. The van der Waals surface area contributed by atoms with Crippen LogP contribution in [0, 0.1) is 0 Å². The summed E-state index contributed by atoms with van der Waals surface area (Å²) in [7, 11) is 1.80. The standard InChI is InChI=1S/C19H19N3O2/c1-21-17-8-11-22(10-7-13(17)3-5-18(21)23)19(24)15-2-4-16-14(12-15)6-9-20-16/h2-6,9,12,20H,7-8,10-11H2,1H3. The van der Waals surface area contributed by atoms with Crippen molar-refractivity contribution in [1.29, 1.82) is 0 Å². The fourth-order valence-corrected chi connectivity index (χ4v) is 3.46. The van der Waals surface area contributed by atoms with E-state index in [4.69, 9.17) is 0 Å². The highest BCUT2D eigenvalue weighted by Gasteiger charge is 2.21. The predicted molar refractivity (Wildman–Crippen MR) is 93.3 cm³/mol. The summed E-state index contributed by atoms with van der Waals surface area (Å²) in [5.74, 6) is 0.0518. The highest BCUT2D eigenvalue weighted by molar-refractivity contribution is 5.98. The van der Waals surface area contributed by atoms with E-state index >= 15 is 0 Å². The molecule has 0 fully saturated rings. The highest BCUT2D eigenvalue weighted by Crippen LogP contribution is 2.19. The molecule has 4 rings (SSSR count). The van der Waals surface area contributed by atoms with E-state index in [1.165, 1.54) is 0 Å². The van der Waals surface area contributed by atoms with Crippen molar-refractivity contribution in [1.82, 2.24) is 14.5 Å². The van der Waals surface area contributed by atoms with Gasteiger partial charge >= 0.3 is 0 Å². The summed E-state index contributed by atoms with van der Waals surface area (Å²) in [6, 6.07) is 11.2. The topological polar surface area (TPSA) is 58.1 Å². The summed E-state index contributed by atoms with van der Waals surface area (Å²) < 4.78 is 1.70. The van der Waals surface area contributed by atoms with Gasteiger partial charge in [0.1, 0.15) is 0 Å². The van der Waals surface area contributed by atoms with Crippen LogP contribution in [0.3, 0.4) is 0 Å². The van der Waals surface area contributed by atoms with E-state index in [2.05, 4.69) is 4.98 Å². The van der Waals surface area contributed by atoms with Gasteiger partial charge in [0, 0.05) is 61.0 Å². The lowest BCUT2D eigenvalue weighted by Crippen LogP contribution is -2.33. The van der Waals surface area contributed by atoms with Crippen LogP contribution in [0.25, 0.3) is 10.9 Å². The third kappa shape index (κ3) is 2.42. The number of hydrogen-bond acceptors (Lipinski definition) is 2. The number of carbonyl (C=O) groups excluding carboxylic acids is 1. The minimum atomic E-state index is 0.00596. The number of benzene rings is 1. The van der Waals surface area contributed by atoms with Gasteiger partial charge in [0.15, 0.2) is 0 Å². The number of rotatable bonds is 1. The number of fused-ring (bicyclic) bond motifs is 2. The second kappa shape index (κ2) is 5.67. The first-order valence-corrected chi connectivity index (χ1v) is 8.18. The molecule has 0 saturated heterocycles. The molecule has 0 aliphatic carbocycles. The Morgan fingerprint density at radius 1 is 1.08 bits per heavy atom. The lowest BCUT2D eigenvalue weighted by Gasteiger charge is -2.20. The maximum Gasteiger partial charge on any atom is 0.253 e. The second-order valence-corrected chi connectivity index (χ2v) is 6.27. The fourth-order valence-electron chi connectivity index (χ4n) is 3.46. The largest absolute Gasteiger partial charge is 0.361 e. The molecule has 1 amide bonds. The van der Waals surface area contributed by atoms with Crippen LogP contribution in [0.15, 0.2) is 47.4 Å². The van der Waals surface area contributed by atoms with Gasteiger partial charge in [-0.3, -0.25) is 9.59 Å². The van der Waals surface area contributed by atoms with Crippen LogP contribution in [0.4, 0.5) is 0 Å². The molecule has 0 unspecified atom stereocenters. The molecule has 5 heteroatoms. The molecule has 1 aliphatic rings. The van der Waals surface area contributed by atoms with E-state index in [1.54, 1.807) is 17.7 Å². The van der Waals surface area contributed by atoms with Crippen molar-refractivity contribution in [3.63, 3.8) is 0 Å². The smallest absolute Gasteiger partial charge is 0.253 e. The first kappa shape index (κ1) is 14.8. The number of pyridine rings is 1. The SMILES string of the molecule is Cn1c2c(ccc1=O)CCN(C(=O)c1ccc3[nH]ccc3c1)CC2. The lowest BCUT2D eigenvalue weighted by molar-refractivity contribution is 0.0763. The number of aromatic nitrogens is 2. The zero-order chi connectivity index (χ0) is 16.7. The molecule has 1 aromatic carbocycles. The average Bonchev–Trinajstić information content (AvgIpc) is 2.95. The molecule has 5 nitrogen and oxygen atoms in total. The van der Waals surface area contributed by atoms with Crippen molar-refractivity contribution in [2.24, 2.45) is 7.05 Å². The molecule has 3 heterocycles. The lowest BCUT2D eigenvalue weighted by atomic mass is 10.1. The van der Waals surface area contributed by atoms with E-state index in [0.29, 0.717) is 25.1 Å². The molecule has 3 aromatic rings. The summed E-state index contributed by atoms with van der Waals surface area (Å²) >= 11 is 0. The monoisotopic (exact) mass is 321 g/mol. The Kier molecular flexibility index (Phi) is 3.49. The summed E-state index contributed by atoms with van der Waals surface area (Å²) in [5.41, 5.74) is 3.95. The van der Waals surface area contributed by atoms with E-state index < -0.39 is 0 Å². The second-order valence-electron chi connectivity index (χ2n) is 6.27. The van der Waals surface area contributed by atoms with Gasteiger partial charge in [0.25, 0.3) is 5.91 Å². The van der Waals surface area contributed by atoms with Crippen LogP contribution in [0.2, 0.25) is 0 Å². The third-order valence-corrected chi connectivity index (χ3v) is 4.89. The molecular formula is C19H19N3O2. The predicted octanol–water partition coefficient (Wildman–Crippen LogP) is 2.11. The zero-order valence-electron chi connectivity index (χ0n) is 13.6. The van der Waals surface area contributed by atoms with Crippen molar-refractivity contribution in [2.75, 3.05) is 13.1 Å². The maximum absolute atomic E-state index is 12.9. The Labute approximate surface area is 139 Å². The van der Waals surface area contributed by atoms with Crippen LogP contribution in [0.5, 0.6) is 0 Å². The normalized spacial score (nSPS) is 14.5. The summed E-state index contributed by atoms with van der Waals surface area (Å²) in [6.45, 7) is 1.31. The number of aromatic amines is 1. The maximum atomic E-state index is 12.9. The molecule has 0 atom stereocenters. The molecular weight excluding hydrogens is 302 g/mol. The molecule has 2 aromatic heterocycles. The Hall–Kier alpha value is -2.82. The van der Waals surface area contributed by atoms with Gasteiger partial charge in [-0.25, -0.2) is 0 Å². The van der Waals surface area contributed by atoms with Gasteiger partial charge in [-0.1, -0.05) is 6.07 Å². The minimum Gasteiger partial charge on any atom is -0.361 e. The van der Waals surface area contributed by atoms with E-state index in [0.717, 1.165) is 28.6 Å². The van der Waals surface area contributed by atoms with Crippen LogP contribution in [0.1, 0.15) is 21.6 Å². The number of nitrogens with one attached hydrogen (secondary N) is 1. The van der Waals surface area contributed by atoms with Crippen molar-refractivity contribution >= 4 is 16.8 Å². The van der Waals surface area contributed by atoms with Gasteiger partial charge in [0.05, 0.1) is 0 Å². The quantitative estimate of drug-likeness (QED) is 0.746. The number of amides is 1. The van der Waals surface area contributed by atoms with Crippen molar-refractivity contribution in [3.8, 4) is 0 Å². The van der Waals surface area contributed by atoms with Crippen LogP contribution < -0.4 is 5.56 Å². The number of nitrogens with zero attached hydrogens (tertiary/aromatic N) is 2. The van der Waals surface area contributed by atoms with Crippen molar-refractivity contribution < 1.29 is 4.79 Å². The first-order chi connectivity index (χ1) is 11.6. The minimum absolute atomic E-state index is 0.00596. The van der Waals surface area contributed by atoms with Gasteiger partial charge in [-0.15, -0.1) is 0 Å².